The van der Waals surface area contributed by atoms with Crippen molar-refractivity contribution in [1.29, 1.82) is 0 Å². The summed E-state index contributed by atoms with van der Waals surface area (Å²) in [6.45, 7) is 8.91. The molecule has 5 rings (SSSR count). The molecule has 1 aromatic carbocycles. The van der Waals surface area contributed by atoms with E-state index in [-0.39, 0.29) is 5.91 Å². The van der Waals surface area contributed by atoms with Gasteiger partial charge in [-0.15, -0.1) is 0 Å². The molecule has 6 heteroatoms. The zero-order valence-electron chi connectivity index (χ0n) is 17.6. The van der Waals surface area contributed by atoms with E-state index in [1.54, 1.807) is 0 Å². The van der Waals surface area contributed by atoms with Crippen molar-refractivity contribution < 1.29 is 9.21 Å². The van der Waals surface area contributed by atoms with Gasteiger partial charge in [-0.05, 0) is 57.5 Å². The van der Waals surface area contributed by atoms with Gasteiger partial charge in [0, 0.05) is 18.0 Å². The number of aromatic nitrogens is 3. The number of amides is 1. The minimum Gasteiger partial charge on any atom is -0.466 e. The quantitative estimate of drug-likeness (QED) is 0.503. The zero-order valence-corrected chi connectivity index (χ0v) is 17.6. The van der Waals surface area contributed by atoms with Gasteiger partial charge < -0.3 is 13.9 Å². The average molecular weight is 400 g/mol. The Morgan fingerprint density at radius 1 is 1.03 bits per heavy atom. The topological polar surface area (TPSA) is 56.2 Å². The van der Waals surface area contributed by atoms with Crippen LogP contribution in [0.1, 0.15) is 44.3 Å². The van der Waals surface area contributed by atoms with Gasteiger partial charge in [-0.1, -0.05) is 17.7 Å². The smallest absolute Gasteiger partial charge is 0.258 e. The first kappa shape index (κ1) is 18.5. The second-order valence-corrected chi connectivity index (χ2v) is 8.03. The molecule has 0 spiro atoms. The van der Waals surface area contributed by atoms with Crippen molar-refractivity contribution in [3.05, 3.63) is 88.3 Å². The summed E-state index contributed by atoms with van der Waals surface area (Å²) in [5, 5.41) is 4.94. The number of carbonyl (C=O) groups is 1. The number of furan rings is 1. The van der Waals surface area contributed by atoms with Crippen molar-refractivity contribution in [3.8, 4) is 11.5 Å². The van der Waals surface area contributed by atoms with Crippen molar-refractivity contribution in [1.82, 2.24) is 19.2 Å². The van der Waals surface area contributed by atoms with Gasteiger partial charge >= 0.3 is 0 Å². The van der Waals surface area contributed by atoms with E-state index >= 15 is 0 Å². The van der Waals surface area contributed by atoms with Crippen LogP contribution in [-0.2, 0) is 13.1 Å². The van der Waals surface area contributed by atoms with E-state index in [1.807, 2.05) is 54.0 Å². The highest BCUT2D eigenvalue weighted by Gasteiger charge is 2.33. The second kappa shape index (κ2) is 6.76. The van der Waals surface area contributed by atoms with Gasteiger partial charge in [0.2, 0.25) is 0 Å². The molecular weight excluding hydrogens is 376 g/mol. The third-order valence-electron chi connectivity index (χ3n) is 5.72. The lowest BCUT2D eigenvalue weighted by molar-refractivity contribution is 0.0747. The first-order valence-electron chi connectivity index (χ1n) is 10.1. The number of fused-ring (bicyclic) bond motifs is 1. The van der Waals surface area contributed by atoms with Crippen molar-refractivity contribution in [2.24, 2.45) is 0 Å². The Balaban J connectivity index is 1.57. The molecule has 0 radical (unpaired) electrons. The van der Waals surface area contributed by atoms with Crippen LogP contribution in [0.3, 0.4) is 0 Å². The molecule has 0 aliphatic carbocycles. The molecule has 0 saturated heterocycles. The highest BCUT2D eigenvalue weighted by atomic mass is 16.3. The molecule has 0 atom stereocenters. The van der Waals surface area contributed by atoms with Crippen LogP contribution in [0.2, 0.25) is 0 Å². The lowest BCUT2D eigenvalue weighted by atomic mass is 10.1. The molecule has 4 heterocycles. The predicted molar refractivity (Wildman–Crippen MR) is 114 cm³/mol. The lowest BCUT2D eigenvalue weighted by Crippen LogP contribution is -2.26. The van der Waals surface area contributed by atoms with Crippen molar-refractivity contribution in [2.45, 2.75) is 40.8 Å². The van der Waals surface area contributed by atoms with Crippen molar-refractivity contribution >= 4 is 5.91 Å². The fourth-order valence-electron chi connectivity index (χ4n) is 4.31. The standard InChI is InChI=1S/C24H24N4O2/c1-15-7-8-22(16(2)11-15)28-23(26-9-5-6-10-26)20-13-27(14-21(20)25-28)24(29)19-12-17(3)30-18(19)4/h5-12H,13-14H2,1-4H3. The number of carbonyl (C=O) groups excluding carboxylic acids is 1. The Bertz CT molecular complexity index is 1260. The average Bonchev–Trinajstić information content (AvgIpc) is 3.44. The van der Waals surface area contributed by atoms with Crippen LogP contribution in [0, 0.1) is 27.7 Å². The zero-order chi connectivity index (χ0) is 21.0. The number of benzene rings is 1. The molecule has 4 aromatic rings. The maximum absolute atomic E-state index is 13.1. The predicted octanol–water partition coefficient (Wildman–Crippen LogP) is 4.65. The van der Waals surface area contributed by atoms with Crippen LogP contribution in [0.25, 0.3) is 11.5 Å². The molecule has 6 nitrogen and oxygen atoms in total. The normalized spacial score (nSPS) is 13.1. The Kier molecular flexibility index (Phi) is 4.17. The number of hydrogen-bond donors (Lipinski definition) is 0. The van der Waals surface area contributed by atoms with Gasteiger partial charge in [0.1, 0.15) is 17.3 Å². The Morgan fingerprint density at radius 3 is 2.47 bits per heavy atom. The van der Waals surface area contributed by atoms with Gasteiger partial charge in [-0.25, -0.2) is 4.68 Å². The summed E-state index contributed by atoms with van der Waals surface area (Å²) in [5.74, 6) is 2.38. The number of hydrogen-bond acceptors (Lipinski definition) is 3. The maximum atomic E-state index is 13.1. The highest BCUT2D eigenvalue weighted by Crippen LogP contribution is 2.32. The van der Waals surface area contributed by atoms with Crippen LogP contribution in [0.4, 0.5) is 0 Å². The fourth-order valence-corrected chi connectivity index (χ4v) is 4.31. The van der Waals surface area contributed by atoms with Gasteiger partial charge in [0.25, 0.3) is 5.91 Å². The number of rotatable bonds is 3. The van der Waals surface area contributed by atoms with Gasteiger partial charge in [-0.2, -0.15) is 5.10 Å². The summed E-state index contributed by atoms with van der Waals surface area (Å²) in [7, 11) is 0. The molecule has 1 aliphatic rings. The first-order valence-corrected chi connectivity index (χ1v) is 10.1. The summed E-state index contributed by atoms with van der Waals surface area (Å²) >= 11 is 0. The maximum Gasteiger partial charge on any atom is 0.258 e. The van der Waals surface area contributed by atoms with E-state index in [2.05, 4.69) is 36.6 Å². The Morgan fingerprint density at radius 2 is 1.80 bits per heavy atom. The fraction of sp³-hybridized carbons (Fsp3) is 0.250. The first-order chi connectivity index (χ1) is 14.4. The van der Waals surface area contributed by atoms with Crippen LogP contribution < -0.4 is 0 Å². The molecule has 0 unspecified atom stereocenters. The summed E-state index contributed by atoms with van der Waals surface area (Å²) < 4.78 is 9.65. The molecule has 0 bridgehead atoms. The highest BCUT2D eigenvalue weighted by molar-refractivity contribution is 5.95. The molecular formula is C24H24N4O2. The van der Waals surface area contributed by atoms with Crippen LogP contribution >= 0.6 is 0 Å². The number of nitrogens with zero attached hydrogens (tertiary/aromatic N) is 4. The monoisotopic (exact) mass is 400 g/mol. The largest absolute Gasteiger partial charge is 0.466 e. The molecule has 1 amide bonds. The summed E-state index contributed by atoms with van der Waals surface area (Å²) in [4.78, 5) is 15.0. The van der Waals surface area contributed by atoms with E-state index in [9.17, 15) is 4.79 Å². The SMILES string of the molecule is Cc1ccc(-n2nc3c(c2-n2cccc2)CN(C(=O)c2cc(C)oc2C)C3)c(C)c1. The van der Waals surface area contributed by atoms with E-state index < -0.39 is 0 Å². The van der Waals surface area contributed by atoms with Crippen LogP contribution in [0.15, 0.2) is 53.2 Å². The lowest BCUT2D eigenvalue weighted by Gasteiger charge is -2.18. The summed E-state index contributed by atoms with van der Waals surface area (Å²) in [5.41, 5.74) is 6.09. The van der Waals surface area contributed by atoms with Gasteiger partial charge in [0.15, 0.2) is 0 Å². The molecule has 30 heavy (non-hydrogen) atoms. The van der Waals surface area contributed by atoms with E-state index in [0.29, 0.717) is 24.4 Å². The van der Waals surface area contributed by atoms with Gasteiger partial charge in [0.05, 0.1) is 30.0 Å². The van der Waals surface area contributed by atoms with Crippen LogP contribution in [-0.4, -0.2) is 25.2 Å². The Labute approximate surface area is 175 Å². The molecule has 0 fully saturated rings. The molecule has 0 saturated carbocycles. The van der Waals surface area contributed by atoms with E-state index in [1.165, 1.54) is 11.1 Å². The van der Waals surface area contributed by atoms with E-state index in [4.69, 9.17) is 9.52 Å². The third-order valence-corrected chi connectivity index (χ3v) is 5.72. The van der Waals surface area contributed by atoms with Crippen molar-refractivity contribution in [2.75, 3.05) is 0 Å². The second-order valence-electron chi connectivity index (χ2n) is 8.03. The molecule has 3 aromatic heterocycles. The molecule has 0 N–H and O–H groups in total. The van der Waals surface area contributed by atoms with Crippen LogP contribution in [0.5, 0.6) is 0 Å². The van der Waals surface area contributed by atoms with Gasteiger partial charge in [-0.3, -0.25) is 4.79 Å². The molecule has 152 valence electrons. The summed E-state index contributed by atoms with van der Waals surface area (Å²) in [6.07, 6.45) is 4.04. The minimum absolute atomic E-state index is 0.0149. The third kappa shape index (κ3) is 2.87. The Hall–Kier alpha value is -3.54. The minimum atomic E-state index is -0.0149. The number of aryl methyl sites for hydroxylation is 4. The molecule has 1 aliphatic heterocycles. The van der Waals surface area contributed by atoms with E-state index in [0.717, 1.165) is 28.5 Å². The summed E-state index contributed by atoms with van der Waals surface area (Å²) in [6, 6.07) is 12.2. The van der Waals surface area contributed by atoms with Crippen molar-refractivity contribution in [3.63, 3.8) is 0 Å².